The molecule has 3 heteroatoms. The van der Waals surface area contributed by atoms with E-state index in [1.807, 2.05) is 0 Å². The van der Waals surface area contributed by atoms with Crippen molar-refractivity contribution in [3.05, 3.63) is 35.9 Å². The van der Waals surface area contributed by atoms with Crippen molar-refractivity contribution in [1.82, 2.24) is 0 Å². The Morgan fingerprint density at radius 2 is 1.73 bits per heavy atom. The fourth-order valence-corrected chi connectivity index (χ4v) is 0.581. The molecule has 0 saturated carbocycles. The van der Waals surface area contributed by atoms with Crippen molar-refractivity contribution < 1.29 is 9.90 Å². The van der Waals surface area contributed by atoms with E-state index >= 15 is 0 Å². The van der Waals surface area contributed by atoms with Crippen LogP contribution in [0.1, 0.15) is 10.4 Å². The molecule has 0 unspecified atom stereocenters. The quantitative estimate of drug-likeness (QED) is 0.633. The molecule has 1 N–H and O–H groups in total. The third-order valence-corrected chi connectivity index (χ3v) is 1.02. The van der Waals surface area contributed by atoms with Crippen molar-refractivity contribution in [2.75, 3.05) is 0 Å². The Morgan fingerprint density at radius 3 is 2.00 bits per heavy atom. The first-order valence-corrected chi connectivity index (χ1v) is 5.59. The van der Waals surface area contributed by atoms with Gasteiger partial charge in [-0.1, -0.05) is 18.2 Å². The van der Waals surface area contributed by atoms with Gasteiger partial charge < -0.3 is 5.11 Å². The number of aromatic carboxylic acids is 1. The van der Waals surface area contributed by atoms with Crippen molar-refractivity contribution in [3.8, 4) is 0 Å². The van der Waals surface area contributed by atoms with E-state index in [0.29, 0.717) is 5.56 Å². The first-order chi connectivity index (χ1) is 5.30. The molecular weight excluding hydrogens is 151 g/mol. The van der Waals surface area contributed by atoms with Crippen LogP contribution in [0.5, 0.6) is 0 Å². The molecule has 0 aliphatic rings. The van der Waals surface area contributed by atoms with Crippen molar-refractivity contribution in [2.24, 2.45) is 0 Å². The molecule has 1 rings (SSSR count). The SMILES string of the molecule is O=C(O)c1ccccc1.[CH3][Na]. The van der Waals surface area contributed by atoms with E-state index in [2.05, 4.69) is 4.17 Å². The van der Waals surface area contributed by atoms with Crippen molar-refractivity contribution in [2.45, 2.75) is 4.17 Å². The van der Waals surface area contributed by atoms with E-state index in [1.54, 1.807) is 30.3 Å². The van der Waals surface area contributed by atoms with Gasteiger partial charge in [-0.3, -0.25) is 0 Å². The van der Waals surface area contributed by atoms with Gasteiger partial charge in [0, 0.05) is 0 Å². The number of hydrogen-bond donors (Lipinski definition) is 1. The van der Waals surface area contributed by atoms with Gasteiger partial charge in [0.15, 0.2) is 0 Å². The van der Waals surface area contributed by atoms with Crippen LogP contribution in [0.4, 0.5) is 0 Å². The van der Waals surface area contributed by atoms with E-state index in [0.717, 1.165) is 0 Å². The molecule has 0 atom stereocenters. The monoisotopic (exact) mass is 160 g/mol. The van der Waals surface area contributed by atoms with E-state index in [1.165, 1.54) is 27.9 Å². The van der Waals surface area contributed by atoms with Gasteiger partial charge in [-0.15, -0.1) is 0 Å². The maximum atomic E-state index is 10.2. The third-order valence-electron chi connectivity index (χ3n) is 1.02. The topological polar surface area (TPSA) is 37.3 Å². The summed E-state index contributed by atoms with van der Waals surface area (Å²) in [5, 5.41) is 8.38. The molecule has 0 aromatic heterocycles. The molecule has 1 aromatic rings. The van der Waals surface area contributed by atoms with Gasteiger partial charge in [0.05, 0.1) is 5.56 Å². The van der Waals surface area contributed by atoms with Crippen LogP contribution in [0, 0.1) is 0 Å². The van der Waals surface area contributed by atoms with Gasteiger partial charge in [-0.2, -0.15) is 0 Å². The molecule has 0 heterocycles. The van der Waals surface area contributed by atoms with E-state index < -0.39 is 5.97 Å². The van der Waals surface area contributed by atoms with Gasteiger partial charge in [0.2, 0.25) is 0 Å². The van der Waals surface area contributed by atoms with Gasteiger partial charge in [0.1, 0.15) is 0 Å². The minimum absolute atomic E-state index is 0.331. The van der Waals surface area contributed by atoms with Gasteiger partial charge >= 0.3 is 38.1 Å². The number of hydrogen-bond acceptors (Lipinski definition) is 1. The van der Waals surface area contributed by atoms with E-state index in [4.69, 9.17) is 5.11 Å². The number of benzene rings is 1. The number of carboxylic acids is 1. The molecule has 11 heavy (non-hydrogen) atoms. The molecule has 0 aliphatic carbocycles. The Kier molecular flexibility index (Phi) is 6.22. The summed E-state index contributed by atoms with van der Waals surface area (Å²) in [6.07, 6.45) is 0. The molecule has 0 amide bonds. The molecule has 1 aromatic carbocycles. The van der Waals surface area contributed by atoms with E-state index in [9.17, 15) is 4.79 Å². The minimum atomic E-state index is -0.879. The molecular formula is C8H9NaO2. The Morgan fingerprint density at radius 1 is 1.27 bits per heavy atom. The van der Waals surface area contributed by atoms with Crippen LogP contribution < -0.4 is 0 Å². The fourth-order valence-electron chi connectivity index (χ4n) is 0.581. The second-order valence-electron chi connectivity index (χ2n) is 1.67. The molecule has 0 saturated heterocycles. The predicted molar refractivity (Wildman–Crippen MR) is 45.0 cm³/mol. The number of carboxylic acid groups (broad SMARTS) is 1. The molecule has 0 bridgehead atoms. The van der Waals surface area contributed by atoms with Crippen LogP contribution in [0.25, 0.3) is 0 Å². The van der Waals surface area contributed by atoms with Crippen LogP contribution >= 0.6 is 0 Å². The summed E-state index contributed by atoms with van der Waals surface area (Å²) in [5.41, 5.74) is 0.331. The van der Waals surface area contributed by atoms with Crippen LogP contribution in [-0.2, 0) is 0 Å². The Labute approximate surface area is 83.7 Å². The second-order valence-corrected chi connectivity index (χ2v) is 1.67. The van der Waals surface area contributed by atoms with Gasteiger partial charge in [-0.25, -0.2) is 4.79 Å². The maximum absolute atomic E-state index is 10.2. The summed E-state index contributed by atoms with van der Waals surface area (Å²) in [6.45, 7) is 0. The molecule has 0 radical (unpaired) electrons. The van der Waals surface area contributed by atoms with Crippen LogP contribution in [0.15, 0.2) is 30.3 Å². The van der Waals surface area contributed by atoms with Crippen LogP contribution in [0.3, 0.4) is 0 Å². The summed E-state index contributed by atoms with van der Waals surface area (Å²) in [5.74, 6) is -0.879. The summed E-state index contributed by atoms with van der Waals surface area (Å²) in [6, 6.07) is 8.30. The Hall–Kier alpha value is -0.310. The second kappa shape index (κ2) is 6.40. The molecule has 0 aliphatic heterocycles. The standard InChI is InChI=1S/C7H6O2.CH3.Na/c8-7(9)6-4-2-1-3-5-6;;/h1-5H,(H,8,9);1H3;. The zero-order valence-corrected chi connectivity index (χ0v) is 8.74. The Balaban J connectivity index is 0.000000461. The Bertz CT molecular complexity index is 209. The fraction of sp³-hybridized carbons (Fsp3) is 0.125. The summed E-state index contributed by atoms with van der Waals surface area (Å²) < 4.78 is 2.14. The summed E-state index contributed by atoms with van der Waals surface area (Å²) in [7, 11) is 0. The summed E-state index contributed by atoms with van der Waals surface area (Å²) in [4.78, 5) is 10.2. The van der Waals surface area contributed by atoms with Crippen molar-refractivity contribution in [3.63, 3.8) is 0 Å². The summed E-state index contributed by atoms with van der Waals surface area (Å²) >= 11 is 1.31. The average Bonchev–Trinajstić information content (AvgIpc) is 2.10. The van der Waals surface area contributed by atoms with Gasteiger partial charge in [-0.05, 0) is 12.1 Å². The first kappa shape index (κ1) is 10.7. The van der Waals surface area contributed by atoms with Crippen LogP contribution in [0.2, 0.25) is 4.17 Å². The molecule has 0 fully saturated rings. The van der Waals surface area contributed by atoms with Crippen molar-refractivity contribution >= 4 is 33.9 Å². The number of carbonyl (C=O) groups is 1. The first-order valence-electron chi connectivity index (χ1n) is 3.59. The van der Waals surface area contributed by atoms with Crippen molar-refractivity contribution in [1.29, 1.82) is 0 Å². The van der Waals surface area contributed by atoms with E-state index in [-0.39, 0.29) is 0 Å². The third kappa shape index (κ3) is 4.19. The molecule has 2 nitrogen and oxygen atoms in total. The zero-order valence-electron chi connectivity index (χ0n) is 6.74. The van der Waals surface area contributed by atoms with Crippen LogP contribution in [-0.4, -0.2) is 39.0 Å². The average molecular weight is 160 g/mol. The van der Waals surface area contributed by atoms with Gasteiger partial charge in [0.25, 0.3) is 0 Å². The molecule has 54 valence electrons. The normalized spacial score (nSPS) is 7.91. The predicted octanol–water partition coefficient (Wildman–Crippen LogP) is 1.59. The number of rotatable bonds is 1. The zero-order chi connectivity index (χ0) is 8.69. The molecule has 0 spiro atoms.